The van der Waals surface area contributed by atoms with E-state index in [-0.39, 0.29) is 55.1 Å². The number of benzene rings is 1. The van der Waals surface area contributed by atoms with Gasteiger partial charge in [0.1, 0.15) is 5.75 Å². The number of rotatable bonds is 3. The molecule has 1 heterocycles. The monoisotopic (exact) mass is 521 g/mol. The van der Waals surface area contributed by atoms with Gasteiger partial charge in [0, 0.05) is 32.2 Å². The van der Waals surface area contributed by atoms with Crippen molar-refractivity contribution < 1.29 is 26.3 Å². The highest BCUT2D eigenvalue weighted by Crippen LogP contribution is 2.27. The molecule has 1 saturated heterocycles. The summed E-state index contributed by atoms with van der Waals surface area (Å²) in [4.78, 5) is 5.90. The number of sulfone groups is 1. The number of para-hydroxylation sites is 1. The minimum atomic E-state index is -4.77. The fourth-order valence-corrected chi connectivity index (χ4v) is 4.07. The standard InChI is InChI=1S/C16H22F3N3O3S.HI/c1-15(2)11-22(8-9-26(15,23)24)14(20-3)21-10-12-6-4-5-7-13(12)25-16(17,18)19;/h4-7H,8-11H2,1-3H3,(H,20,21);1H. The van der Waals surface area contributed by atoms with E-state index in [1.807, 2.05) is 0 Å². The average molecular weight is 521 g/mol. The van der Waals surface area contributed by atoms with Gasteiger partial charge >= 0.3 is 6.36 Å². The molecule has 6 nitrogen and oxygen atoms in total. The number of ether oxygens (including phenoxy) is 1. The van der Waals surface area contributed by atoms with Gasteiger partial charge in [-0.1, -0.05) is 18.2 Å². The van der Waals surface area contributed by atoms with Crippen LogP contribution >= 0.6 is 24.0 Å². The van der Waals surface area contributed by atoms with Crippen molar-refractivity contribution in [2.45, 2.75) is 31.5 Å². The Morgan fingerprint density at radius 2 is 1.96 bits per heavy atom. The number of alkyl halides is 3. The van der Waals surface area contributed by atoms with Gasteiger partial charge in [-0.25, -0.2) is 8.42 Å². The van der Waals surface area contributed by atoms with Crippen LogP contribution < -0.4 is 10.1 Å². The Hall–Kier alpha value is -1.24. The molecule has 2 rings (SSSR count). The van der Waals surface area contributed by atoms with Gasteiger partial charge in [-0.05, 0) is 19.9 Å². The van der Waals surface area contributed by atoms with Crippen LogP contribution in [-0.2, 0) is 16.4 Å². The van der Waals surface area contributed by atoms with Gasteiger partial charge in [0.05, 0.1) is 10.5 Å². The van der Waals surface area contributed by atoms with Crippen molar-refractivity contribution in [1.82, 2.24) is 10.2 Å². The number of hydrogen-bond acceptors (Lipinski definition) is 4. The third kappa shape index (κ3) is 6.13. The Kier molecular flexibility index (Phi) is 7.79. The lowest BCUT2D eigenvalue weighted by atomic mass is 10.2. The molecule has 27 heavy (non-hydrogen) atoms. The topological polar surface area (TPSA) is 71.0 Å². The highest BCUT2D eigenvalue weighted by molar-refractivity contribution is 14.0. The highest BCUT2D eigenvalue weighted by atomic mass is 127. The van der Waals surface area contributed by atoms with Crippen molar-refractivity contribution in [1.29, 1.82) is 0 Å². The maximum absolute atomic E-state index is 12.5. The molecule has 1 fully saturated rings. The Morgan fingerprint density at radius 1 is 1.33 bits per heavy atom. The van der Waals surface area contributed by atoms with Gasteiger partial charge in [0.25, 0.3) is 0 Å². The van der Waals surface area contributed by atoms with Crippen molar-refractivity contribution in [2.75, 3.05) is 25.9 Å². The van der Waals surface area contributed by atoms with Crippen LogP contribution in [0.3, 0.4) is 0 Å². The lowest BCUT2D eigenvalue weighted by molar-refractivity contribution is -0.274. The first-order valence-corrected chi connectivity index (χ1v) is 9.62. The maximum atomic E-state index is 12.5. The number of aliphatic imine (C=N–C) groups is 1. The van der Waals surface area contributed by atoms with Crippen LogP contribution in [0.5, 0.6) is 5.75 Å². The highest BCUT2D eigenvalue weighted by Gasteiger charge is 2.41. The van der Waals surface area contributed by atoms with Crippen LogP contribution in [0.25, 0.3) is 0 Å². The van der Waals surface area contributed by atoms with Gasteiger partial charge in [-0.3, -0.25) is 4.99 Å². The number of nitrogens with one attached hydrogen (secondary N) is 1. The molecule has 1 N–H and O–H groups in total. The van der Waals surface area contributed by atoms with E-state index in [0.717, 1.165) is 0 Å². The van der Waals surface area contributed by atoms with Crippen molar-refractivity contribution in [3.8, 4) is 5.75 Å². The molecule has 0 spiro atoms. The molecule has 0 bridgehead atoms. The maximum Gasteiger partial charge on any atom is 0.573 e. The molecule has 0 amide bonds. The summed E-state index contributed by atoms with van der Waals surface area (Å²) in [5.41, 5.74) is 0.315. The predicted octanol–water partition coefficient (Wildman–Crippen LogP) is 2.79. The molecule has 1 aliphatic rings. The minimum Gasteiger partial charge on any atom is -0.405 e. The molecule has 0 aliphatic carbocycles. The number of hydrogen-bond donors (Lipinski definition) is 1. The quantitative estimate of drug-likeness (QED) is 0.377. The third-order valence-electron chi connectivity index (χ3n) is 4.19. The number of nitrogens with zero attached hydrogens (tertiary/aromatic N) is 2. The molecule has 1 aromatic carbocycles. The van der Waals surface area contributed by atoms with E-state index in [2.05, 4.69) is 15.0 Å². The van der Waals surface area contributed by atoms with Crippen LogP contribution in [0.1, 0.15) is 19.4 Å². The summed E-state index contributed by atoms with van der Waals surface area (Å²) in [5, 5.41) is 2.98. The molecule has 1 aromatic rings. The Morgan fingerprint density at radius 3 is 2.52 bits per heavy atom. The zero-order valence-corrected chi connectivity index (χ0v) is 18.4. The van der Waals surface area contributed by atoms with Crippen LogP contribution in [-0.4, -0.2) is 56.3 Å². The SMILES string of the molecule is CN=C(NCc1ccccc1OC(F)(F)F)N1CCS(=O)(=O)C(C)(C)C1.I. The van der Waals surface area contributed by atoms with E-state index in [0.29, 0.717) is 11.5 Å². The van der Waals surface area contributed by atoms with E-state index in [1.165, 1.54) is 25.2 Å². The summed E-state index contributed by atoms with van der Waals surface area (Å²) < 4.78 is 64.8. The van der Waals surface area contributed by atoms with Crippen LogP contribution in [0.4, 0.5) is 13.2 Å². The van der Waals surface area contributed by atoms with E-state index in [4.69, 9.17) is 0 Å². The van der Waals surface area contributed by atoms with Gasteiger partial charge in [-0.2, -0.15) is 0 Å². The molecule has 1 aliphatic heterocycles. The summed E-state index contributed by atoms with van der Waals surface area (Å²) in [6, 6.07) is 5.83. The summed E-state index contributed by atoms with van der Waals surface area (Å²) in [6.07, 6.45) is -4.77. The van der Waals surface area contributed by atoms with Gasteiger partial charge in [-0.15, -0.1) is 37.1 Å². The molecule has 0 radical (unpaired) electrons. The Bertz CT molecular complexity index is 783. The van der Waals surface area contributed by atoms with Crippen LogP contribution in [0, 0.1) is 0 Å². The van der Waals surface area contributed by atoms with Crippen molar-refractivity contribution >= 4 is 39.8 Å². The van der Waals surface area contributed by atoms with Gasteiger partial charge in [0.15, 0.2) is 15.8 Å². The van der Waals surface area contributed by atoms with Gasteiger partial charge < -0.3 is 15.0 Å². The molecule has 0 atom stereocenters. The average Bonchev–Trinajstić information content (AvgIpc) is 2.51. The predicted molar refractivity (Wildman–Crippen MR) is 108 cm³/mol. The normalized spacial score (nSPS) is 19.2. The first-order valence-electron chi connectivity index (χ1n) is 7.97. The first-order chi connectivity index (χ1) is 12.0. The van der Waals surface area contributed by atoms with E-state index < -0.39 is 20.9 Å². The Labute approximate surface area is 174 Å². The van der Waals surface area contributed by atoms with Crippen molar-refractivity contribution in [2.24, 2.45) is 4.99 Å². The van der Waals surface area contributed by atoms with E-state index in [1.54, 1.807) is 24.8 Å². The first kappa shape index (κ1) is 23.8. The van der Waals surface area contributed by atoms with E-state index in [9.17, 15) is 21.6 Å². The number of halogens is 4. The fourth-order valence-electron chi connectivity index (χ4n) is 2.71. The Balaban J connectivity index is 0.00000364. The second-order valence-electron chi connectivity index (χ2n) is 6.56. The molecule has 0 saturated carbocycles. The lowest BCUT2D eigenvalue weighted by Gasteiger charge is -2.39. The summed E-state index contributed by atoms with van der Waals surface area (Å²) in [5.74, 6) is 0.133. The molecule has 0 aromatic heterocycles. The van der Waals surface area contributed by atoms with Gasteiger partial charge in [0.2, 0.25) is 0 Å². The summed E-state index contributed by atoms with van der Waals surface area (Å²) in [7, 11) is -1.66. The molecule has 0 unspecified atom stereocenters. The minimum absolute atomic E-state index is 0. The summed E-state index contributed by atoms with van der Waals surface area (Å²) in [6.45, 7) is 3.87. The van der Waals surface area contributed by atoms with Crippen LogP contribution in [0.2, 0.25) is 0 Å². The fraction of sp³-hybridized carbons (Fsp3) is 0.562. The second kappa shape index (κ2) is 8.84. The smallest absolute Gasteiger partial charge is 0.405 e. The lowest BCUT2D eigenvalue weighted by Crippen LogP contribution is -2.57. The molecular formula is C16H23F3IN3O3S. The second-order valence-corrected chi connectivity index (χ2v) is 9.30. The molecule has 154 valence electrons. The largest absolute Gasteiger partial charge is 0.573 e. The molecular weight excluding hydrogens is 498 g/mol. The van der Waals surface area contributed by atoms with Crippen molar-refractivity contribution in [3.63, 3.8) is 0 Å². The van der Waals surface area contributed by atoms with E-state index >= 15 is 0 Å². The van der Waals surface area contributed by atoms with Crippen molar-refractivity contribution in [3.05, 3.63) is 29.8 Å². The summed E-state index contributed by atoms with van der Waals surface area (Å²) >= 11 is 0. The number of guanidine groups is 1. The third-order valence-corrected chi connectivity index (χ3v) is 6.72. The zero-order chi connectivity index (χ0) is 19.6. The molecule has 11 heteroatoms. The zero-order valence-electron chi connectivity index (χ0n) is 15.2. The van der Waals surface area contributed by atoms with Crippen LogP contribution in [0.15, 0.2) is 29.3 Å².